The molecule has 1 aromatic carbocycles. The Morgan fingerprint density at radius 1 is 1.50 bits per heavy atom. The van der Waals surface area contributed by atoms with Gasteiger partial charge in [0.25, 0.3) is 5.69 Å². The number of nitrogens with zero attached hydrogens (tertiary/aromatic N) is 3. The number of non-ortho nitro benzene ring substituents is 1. The number of carboxylic acids is 1. The van der Waals surface area contributed by atoms with Crippen LogP contribution in [0.4, 0.5) is 5.69 Å². The monoisotopic (exact) mass is 293 g/mol. The largest absolute Gasteiger partial charge is 0.481 e. The average molecular weight is 293 g/mol. The van der Waals surface area contributed by atoms with Crippen molar-refractivity contribution in [1.82, 2.24) is 9.78 Å². The number of carboxylic acid groups (broad SMARTS) is 1. The van der Waals surface area contributed by atoms with Crippen LogP contribution in [0.5, 0.6) is 0 Å². The lowest BCUT2D eigenvalue weighted by molar-refractivity contribution is -0.384. The second kappa shape index (κ2) is 5.74. The lowest BCUT2D eigenvalue weighted by atomic mass is 10.3. The van der Waals surface area contributed by atoms with Crippen LogP contribution < -0.4 is 0 Å². The molecule has 1 N–H and O–H groups in total. The number of thioether (sulfide) groups is 1. The highest BCUT2D eigenvalue weighted by Gasteiger charge is 2.13. The molecule has 0 radical (unpaired) electrons. The van der Waals surface area contributed by atoms with Crippen molar-refractivity contribution >= 4 is 23.4 Å². The molecule has 104 valence electrons. The molecule has 0 aliphatic heterocycles. The van der Waals surface area contributed by atoms with Gasteiger partial charge in [-0.25, -0.2) is 4.68 Å². The van der Waals surface area contributed by atoms with Gasteiger partial charge in [0.15, 0.2) is 0 Å². The minimum Gasteiger partial charge on any atom is -0.481 e. The van der Waals surface area contributed by atoms with Crippen molar-refractivity contribution in [3.8, 4) is 5.69 Å². The van der Waals surface area contributed by atoms with E-state index in [2.05, 4.69) is 5.10 Å². The van der Waals surface area contributed by atoms with Crippen molar-refractivity contribution in [3.05, 3.63) is 46.1 Å². The minimum absolute atomic E-state index is 0.0372. The van der Waals surface area contributed by atoms with E-state index < -0.39 is 10.9 Å². The Morgan fingerprint density at radius 2 is 2.25 bits per heavy atom. The molecule has 0 saturated carbocycles. The first-order valence-corrected chi connectivity index (χ1v) is 6.62. The number of carbonyl (C=O) groups is 1. The molecular weight excluding hydrogens is 282 g/mol. The van der Waals surface area contributed by atoms with Gasteiger partial charge in [-0.15, -0.1) is 0 Å². The fourth-order valence-corrected chi connectivity index (χ4v) is 2.43. The van der Waals surface area contributed by atoms with Crippen LogP contribution in [0.15, 0.2) is 35.4 Å². The summed E-state index contributed by atoms with van der Waals surface area (Å²) in [4.78, 5) is 20.9. The Kier molecular flexibility index (Phi) is 4.04. The highest BCUT2D eigenvalue weighted by Crippen LogP contribution is 2.24. The van der Waals surface area contributed by atoms with Gasteiger partial charge in [0, 0.05) is 12.1 Å². The summed E-state index contributed by atoms with van der Waals surface area (Å²) in [5, 5.41) is 24.4. The fourth-order valence-electron chi connectivity index (χ4n) is 1.64. The molecule has 0 spiro atoms. The first-order chi connectivity index (χ1) is 9.47. The van der Waals surface area contributed by atoms with Gasteiger partial charge in [0.05, 0.1) is 22.1 Å². The van der Waals surface area contributed by atoms with Crippen LogP contribution in [0.2, 0.25) is 0 Å². The first-order valence-electron chi connectivity index (χ1n) is 5.63. The average Bonchev–Trinajstić information content (AvgIpc) is 2.77. The Hall–Kier alpha value is -2.35. The van der Waals surface area contributed by atoms with Gasteiger partial charge in [-0.3, -0.25) is 14.9 Å². The normalized spacial score (nSPS) is 10.4. The Balaban J connectivity index is 2.39. The molecule has 0 fully saturated rings. The van der Waals surface area contributed by atoms with E-state index in [-0.39, 0.29) is 11.4 Å². The molecular formula is C12H11N3O4S. The number of hydrogen-bond donors (Lipinski definition) is 1. The zero-order valence-electron chi connectivity index (χ0n) is 10.5. The molecule has 0 unspecified atom stereocenters. The number of aliphatic carboxylic acids is 1. The molecule has 0 aliphatic carbocycles. The predicted molar refractivity (Wildman–Crippen MR) is 73.3 cm³/mol. The van der Waals surface area contributed by atoms with Crippen LogP contribution in [0.1, 0.15) is 5.69 Å². The maximum Gasteiger partial charge on any atom is 0.313 e. The van der Waals surface area contributed by atoms with Crippen LogP contribution in [-0.2, 0) is 4.79 Å². The van der Waals surface area contributed by atoms with E-state index in [1.165, 1.54) is 16.8 Å². The van der Waals surface area contributed by atoms with E-state index >= 15 is 0 Å². The van der Waals surface area contributed by atoms with Crippen LogP contribution in [0, 0.1) is 17.0 Å². The molecule has 2 aromatic rings. The summed E-state index contributed by atoms with van der Waals surface area (Å²) in [6.07, 6.45) is 0. The van der Waals surface area contributed by atoms with Gasteiger partial charge in [-0.05, 0) is 19.1 Å². The summed E-state index contributed by atoms with van der Waals surface area (Å²) in [5.41, 5.74) is 1.20. The molecule has 8 heteroatoms. The first kappa shape index (κ1) is 14.1. The molecule has 1 aromatic heterocycles. The lowest BCUT2D eigenvalue weighted by Gasteiger charge is -2.05. The number of aromatic nitrogens is 2. The van der Waals surface area contributed by atoms with Crippen molar-refractivity contribution in [2.75, 3.05) is 5.75 Å². The number of nitro benzene ring substituents is 1. The van der Waals surface area contributed by atoms with Gasteiger partial charge in [0.2, 0.25) is 0 Å². The smallest absolute Gasteiger partial charge is 0.313 e. The topological polar surface area (TPSA) is 98.3 Å². The summed E-state index contributed by atoms with van der Waals surface area (Å²) < 4.78 is 1.51. The number of nitro groups is 1. The fraction of sp³-hybridized carbons (Fsp3) is 0.167. The van der Waals surface area contributed by atoms with Crippen LogP contribution in [0.25, 0.3) is 5.69 Å². The molecule has 0 atom stereocenters. The number of benzene rings is 1. The Morgan fingerprint density at radius 3 is 2.90 bits per heavy atom. The standard InChI is InChI=1S/C12H11N3O4S/c1-8-5-11(20-7-12(16)17)14(13-8)9-3-2-4-10(6-9)15(18)19/h2-6H,7H2,1H3,(H,16,17). The zero-order valence-corrected chi connectivity index (χ0v) is 11.3. The quantitative estimate of drug-likeness (QED) is 0.516. The third-order valence-corrected chi connectivity index (χ3v) is 3.41. The molecule has 0 bridgehead atoms. The van der Waals surface area contributed by atoms with Gasteiger partial charge < -0.3 is 5.11 Å². The highest BCUT2D eigenvalue weighted by molar-refractivity contribution is 7.99. The van der Waals surface area contributed by atoms with E-state index in [0.717, 1.165) is 11.8 Å². The Labute approximate surface area is 118 Å². The number of rotatable bonds is 5. The third-order valence-electron chi connectivity index (χ3n) is 2.43. The summed E-state index contributed by atoms with van der Waals surface area (Å²) in [6, 6.07) is 7.79. The number of hydrogen-bond acceptors (Lipinski definition) is 5. The molecule has 1 heterocycles. The van der Waals surface area contributed by atoms with Gasteiger partial charge >= 0.3 is 5.97 Å². The summed E-state index contributed by atoms with van der Waals surface area (Å²) in [7, 11) is 0. The lowest BCUT2D eigenvalue weighted by Crippen LogP contribution is -2.02. The zero-order chi connectivity index (χ0) is 14.7. The second-order valence-electron chi connectivity index (χ2n) is 4.00. The van der Waals surface area contributed by atoms with Crippen molar-refractivity contribution < 1.29 is 14.8 Å². The molecule has 20 heavy (non-hydrogen) atoms. The molecule has 0 aliphatic rings. The van der Waals surface area contributed by atoms with E-state index in [9.17, 15) is 14.9 Å². The van der Waals surface area contributed by atoms with Crippen molar-refractivity contribution in [3.63, 3.8) is 0 Å². The molecule has 0 amide bonds. The molecule has 7 nitrogen and oxygen atoms in total. The van der Waals surface area contributed by atoms with E-state index in [0.29, 0.717) is 16.4 Å². The second-order valence-corrected chi connectivity index (χ2v) is 4.99. The van der Waals surface area contributed by atoms with Crippen molar-refractivity contribution in [1.29, 1.82) is 0 Å². The SMILES string of the molecule is Cc1cc(SCC(=O)O)n(-c2cccc([N+](=O)[O-])c2)n1. The maximum absolute atomic E-state index is 10.8. The summed E-state index contributed by atoms with van der Waals surface area (Å²) >= 11 is 1.12. The van der Waals surface area contributed by atoms with Crippen LogP contribution >= 0.6 is 11.8 Å². The molecule has 2 rings (SSSR count). The van der Waals surface area contributed by atoms with Gasteiger partial charge in [-0.1, -0.05) is 17.8 Å². The molecule has 0 saturated heterocycles. The van der Waals surface area contributed by atoms with Crippen molar-refractivity contribution in [2.24, 2.45) is 0 Å². The van der Waals surface area contributed by atoms with Crippen LogP contribution in [0.3, 0.4) is 0 Å². The van der Waals surface area contributed by atoms with Gasteiger partial charge in [-0.2, -0.15) is 5.10 Å². The Bertz CT molecular complexity index is 668. The minimum atomic E-state index is -0.931. The third kappa shape index (κ3) is 3.15. The van der Waals surface area contributed by atoms with E-state index in [1.54, 1.807) is 25.1 Å². The summed E-state index contributed by atoms with van der Waals surface area (Å²) in [6.45, 7) is 1.78. The van der Waals surface area contributed by atoms with Crippen LogP contribution in [-0.4, -0.2) is 31.5 Å². The van der Waals surface area contributed by atoms with Gasteiger partial charge in [0.1, 0.15) is 5.03 Å². The summed E-state index contributed by atoms with van der Waals surface area (Å²) in [5.74, 6) is -1.03. The van der Waals surface area contributed by atoms with Crippen molar-refractivity contribution in [2.45, 2.75) is 11.9 Å². The predicted octanol–water partition coefficient (Wildman–Crippen LogP) is 2.27. The number of aryl methyl sites for hydroxylation is 1. The maximum atomic E-state index is 10.8. The van der Waals surface area contributed by atoms with E-state index in [4.69, 9.17) is 5.11 Å². The van der Waals surface area contributed by atoms with E-state index in [1.807, 2.05) is 0 Å². The highest BCUT2D eigenvalue weighted by atomic mass is 32.2.